The Bertz CT molecular complexity index is 1010. The lowest BCUT2D eigenvalue weighted by Gasteiger charge is -2.20. The molecular formula is C19H21N3O6S. The van der Waals surface area contributed by atoms with Crippen LogP contribution in [0.5, 0.6) is 0 Å². The van der Waals surface area contributed by atoms with Crippen molar-refractivity contribution in [1.29, 1.82) is 0 Å². The minimum absolute atomic E-state index is 0.0239. The summed E-state index contributed by atoms with van der Waals surface area (Å²) >= 11 is 0. The van der Waals surface area contributed by atoms with E-state index in [0.29, 0.717) is 0 Å². The number of amides is 3. The van der Waals surface area contributed by atoms with Crippen LogP contribution in [0.25, 0.3) is 0 Å². The topological polar surface area (TPSA) is 145 Å². The van der Waals surface area contributed by atoms with Gasteiger partial charge < -0.3 is 10.5 Å². The predicted molar refractivity (Wildman–Crippen MR) is 105 cm³/mol. The monoisotopic (exact) mass is 419 g/mol. The molecule has 0 spiro atoms. The smallest absolute Gasteiger partial charge is 0.338 e. The van der Waals surface area contributed by atoms with Gasteiger partial charge in [-0.1, -0.05) is 38.1 Å². The highest BCUT2D eigenvalue weighted by molar-refractivity contribution is 7.92. The van der Waals surface area contributed by atoms with Crippen molar-refractivity contribution >= 4 is 33.6 Å². The van der Waals surface area contributed by atoms with Crippen LogP contribution in [0.2, 0.25) is 0 Å². The molecule has 0 aliphatic carbocycles. The Labute approximate surface area is 168 Å². The van der Waals surface area contributed by atoms with Gasteiger partial charge in [-0.25, -0.2) is 18.0 Å². The Morgan fingerprint density at radius 2 is 1.66 bits per heavy atom. The number of nitrogens with two attached hydrogens (primary N) is 1. The Morgan fingerprint density at radius 1 is 1.00 bits per heavy atom. The van der Waals surface area contributed by atoms with Crippen molar-refractivity contribution in [2.75, 3.05) is 4.72 Å². The number of hydrogen-bond acceptors (Lipinski definition) is 6. The SMILES string of the molecule is CC(C)[C@H](OC(=O)c1cccc(NS(=O)(=O)c2ccccc2)c1)C(=O)NC(N)=O. The van der Waals surface area contributed by atoms with Crippen LogP contribution in [0.15, 0.2) is 59.5 Å². The third-order valence-electron chi connectivity index (χ3n) is 3.75. The molecule has 1 atom stereocenters. The van der Waals surface area contributed by atoms with Gasteiger partial charge >= 0.3 is 12.0 Å². The average Bonchev–Trinajstić information content (AvgIpc) is 2.65. The number of ether oxygens (including phenoxy) is 1. The summed E-state index contributed by atoms with van der Waals surface area (Å²) in [5, 5.41) is 1.87. The summed E-state index contributed by atoms with van der Waals surface area (Å²) in [6, 6.07) is 12.3. The summed E-state index contributed by atoms with van der Waals surface area (Å²) in [5.74, 6) is -2.14. The summed E-state index contributed by atoms with van der Waals surface area (Å²) in [5.41, 5.74) is 5.09. The zero-order valence-corrected chi connectivity index (χ0v) is 16.6. The van der Waals surface area contributed by atoms with Gasteiger partial charge in [0, 0.05) is 5.69 Å². The van der Waals surface area contributed by atoms with Crippen LogP contribution in [-0.2, 0) is 19.6 Å². The van der Waals surface area contributed by atoms with Gasteiger partial charge in [-0.3, -0.25) is 14.8 Å². The van der Waals surface area contributed by atoms with E-state index in [1.807, 2.05) is 5.32 Å². The molecule has 0 aliphatic heterocycles. The summed E-state index contributed by atoms with van der Waals surface area (Å²) in [4.78, 5) is 35.4. The number of esters is 1. The number of benzene rings is 2. The quantitative estimate of drug-likeness (QED) is 0.584. The van der Waals surface area contributed by atoms with Crippen LogP contribution in [0.3, 0.4) is 0 Å². The number of nitrogens with one attached hydrogen (secondary N) is 2. The molecule has 0 fully saturated rings. The molecule has 154 valence electrons. The van der Waals surface area contributed by atoms with Crippen LogP contribution >= 0.6 is 0 Å². The molecule has 29 heavy (non-hydrogen) atoms. The number of anilines is 1. The molecule has 0 saturated heterocycles. The molecule has 0 aliphatic rings. The van der Waals surface area contributed by atoms with Crippen LogP contribution in [-0.4, -0.2) is 32.4 Å². The number of imide groups is 1. The van der Waals surface area contributed by atoms with Crippen LogP contribution in [0, 0.1) is 5.92 Å². The molecule has 3 amide bonds. The predicted octanol–water partition coefficient (Wildman–Crippen LogP) is 1.86. The summed E-state index contributed by atoms with van der Waals surface area (Å²) in [7, 11) is -3.84. The van der Waals surface area contributed by atoms with Gasteiger partial charge in [0.25, 0.3) is 15.9 Å². The second-order valence-corrected chi connectivity index (χ2v) is 8.11. The maximum Gasteiger partial charge on any atom is 0.338 e. The Kier molecular flexibility index (Phi) is 6.94. The van der Waals surface area contributed by atoms with E-state index >= 15 is 0 Å². The number of carbonyl (C=O) groups excluding carboxylic acids is 3. The minimum atomic E-state index is -3.84. The van der Waals surface area contributed by atoms with E-state index in [1.165, 1.54) is 36.4 Å². The lowest BCUT2D eigenvalue weighted by molar-refractivity contribution is -0.130. The molecule has 2 rings (SSSR count). The second kappa shape index (κ2) is 9.20. The number of hydrogen-bond donors (Lipinski definition) is 3. The van der Waals surface area contributed by atoms with E-state index in [1.54, 1.807) is 32.0 Å². The van der Waals surface area contributed by atoms with E-state index in [-0.39, 0.29) is 16.1 Å². The van der Waals surface area contributed by atoms with Crippen molar-refractivity contribution in [2.24, 2.45) is 11.7 Å². The normalized spacial score (nSPS) is 12.1. The van der Waals surface area contributed by atoms with E-state index in [2.05, 4.69) is 4.72 Å². The zero-order chi connectivity index (χ0) is 21.6. The fraction of sp³-hybridized carbons (Fsp3) is 0.211. The second-order valence-electron chi connectivity index (χ2n) is 6.42. The molecule has 4 N–H and O–H groups in total. The van der Waals surface area contributed by atoms with Gasteiger partial charge in [-0.15, -0.1) is 0 Å². The Balaban J connectivity index is 2.18. The van der Waals surface area contributed by atoms with Gasteiger partial charge in [0.2, 0.25) is 0 Å². The van der Waals surface area contributed by atoms with E-state index in [4.69, 9.17) is 10.5 Å². The number of carbonyl (C=O) groups is 3. The summed E-state index contributed by atoms with van der Waals surface area (Å²) < 4.78 is 32.4. The first kappa shape index (κ1) is 21.9. The summed E-state index contributed by atoms with van der Waals surface area (Å²) in [6.07, 6.45) is -1.25. The van der Waals surface area contributed by atoms with Crippen molar-refractivity contribution in [2.45, 2.75) is 24.8 Å². The molecule has 2 aromatic carbocycles. The largest absolute Gasteiger partial charge is 0.448 e. The number of sulfonamides is 1. The highest BCUT2D eigenvalue weighted by Crippen LogP contribution is 2.19. The van der Waals surface area contributed by atoms with Gasteiger partial charge in [-0.05, 0) is 36.2 Å². The molecule has 2 aromatic rings. The lowest BCUT2D eigenvalue weighted by Crippen LogP contribution is -2.45. The van der Waals surface area contributed by atoms with E-state index in [0.717, 1.165) is 0 Å². The molecular weight excluding hydrogens is 398 g/mol. The van der Waals surface area contributed by atoms with Gasteiger partial charge in [0.05, 0.1) is 10.5 Å². The number of rotatable bonds is 7. The maximum absolute atomic E-state index is 12.4. The van der Waals surface area contributed by atoms with Gasteiger partial charge in [-0.2, -0.15) is 0 Å². The first-order valence-electron chi connectivity index (χ1n) is 8.59. The molecule has 0 heterocycles. The van der Waals surface area contributed by atoms with Gasteiger partial charge in [0.1, 0.15) is 0 Å². The molecule has 10 heteroatoms. The zero-order valence-electron chi connectivity index (χ0n) is 15.8. The molecule has 0 radical (unpaired) electrons. The Hall–Kier alpha value is -3.40. The minimum Gasteiger partial charge on any atom is -0.448 e. The number of primary amides is 1. The third kappa shape index (κ3) is 6.04. The molecule has 9 nitrogen and oxygen atoms in total. The highest BCUT2D eigenvalue weighted by Gasteiger charge is 2.28. The maximum atomic E-state index is 12.4. The van der Waals surface area contributed by atoms with Crippen molar-refractivity contribution in [3.8, 4) is 0 Å². The van der Waals surface area contributed by atoms with Crippen molar-refractivity contribution in [3.05, 3.63) is 60.2 Å². The molecule has 0 aromatic heterocycles. The molecule has 0 unspecified atom stereocenters. The fourth-order valence-electron chi connectivity index (χ4n) is 2.39. The number of urea groups is 1. The van der Waals surface area contributed by atoms with Crippen molar-refractivity contribution in [1.82, 2.24) is 5.32 Å². The average molecular weight is 419 g/mol. The lowest BCUT2D eigenvalue weighted by atomic mass is 10.1. The summed E-state index contributed by atoms with van der Waals surface area (Å²) in [6.45, 7) is 3.26. The Morgan fingerprint density at radius 3 is 2.24 bits per heavy atom. The first-order valence-corrected chi connectivity index (χ1v) is 10.1. The first-order chi connectivity index (χ1) is 13.6. The third-order valence-corrected chi connectivity index (χ3v) is 5.15. The fourth-order valence-corrected chi connectivity index (χ4v) is 3.46. The van der Waals surface area contributed by atoms with Crippen LogP contribution in [0.4, 0.5) is 10.5 Å². The molecule has 0 saturated carbocycles. The van der Waals surface area contributed by atoms with E-state index < -0.39 is 40.0 Å². The van der Waals surface area contributed by atoms with Gasteiger partial charge in [0.15, 0.2) is 6.10 Å². The van der Waals surface area contributed by atoms with Crippen LogP contribution < -0.4 is 15.8 Å². The van der Waals surface area contributed by atoms with Crippen LogP contribution in [0.1, 0.15) is 24.2 Å². The highest BCUT2D eigenvalue weighted by atomic mass is 32.2. The van der Waals surface area contributed by atoms with E-state index in [9.17, 15) is 22.8 Å². The molecule has 0 bridgehead atoms. The van der Waals surface area contributed by atoms with Crippen molar-refractivity contribution in [3.63, 3.8) is 0 Å². The standard InChI is InChI=1S/C19H21N3O6S/c1-12(2)16(17(23)21-19(20)25)28-18(24)13-7-6-8-14(11-13)22-29(26,27)15-9-4-3-5-10-15/h3-12,16,22H,1-2H3,(H3,20,21,23,25)/t16-/m0/s1. The van der Waals surface area contributed by atoms with Crippen molar-refractivity contribution < 1.29 is 27.5 Å².